The molecule has 4 nitrogen and oxygen atoms in total. The minimum atomic E-state index is -0.587. The lowest BCUT2D eigenvalue weighted by molar-refractivity contribution is 0.172. The number of rotatable bonds is 4. The second kappa shape index (κ2) is 5.13. The van der Waals surface area contributed by atoms with Crippen molar-refractivity contribution in [2.75, 3.05) is 0 Å². The van der Waals surface area contributed by atoms with Crippen molar-refractivity contribution in [3.05, 3.63) is 53.7 Å². The molecule has 2 aromatic heterocycles. The Morgan fingerprint density at radius 1 is 1.30 bits per heavy atom. The number of aryl methyl sites for hydroxylation is 2. The first kappa shape index (κ1) is 12.9. The zero-order valence-electron chi connectivity index (χ0n) is 11.7. The molecule has 0 aliphatic rings. The van der Waals surface area contributed by atoms with Crippen LogP contribution in [0.3, 0.4) is 0 Å². The molecule has 1 atom stereocenters. The molecule has 1 aromatic carbocycles. The van der Waals surface area contributed by atoms with E-state index in [2.05, 4.69) is 22.5 Å². The Kier molecular flexibility index (Phi) is 3.32. The van der Waals surface area contributed by atoms with Gasteiger partial charge in [-0.05, 0) is 32.0 Å². The Hall–Kier alpha value is -2.07. The lowest BCUT2D eigenvalue weighted by atomic mass is 10.1. The van der Waals surface area contributed by atoms with Crippen LogP contribution in [0, 0.1) is 6.92 Å². The molecule has 0 saturated carbocycles. The smallest absolute Gasteiger partial charge is 0.112 e. The molecule has 1 unspecified atom stereocenters. The largest absolute Gasteiger partial charge is 0.469 e. The molecule has 1 N–H and O–H groups in total. The Morgan fingerprint density at radius 3 is 2.80 bits per heavy atom. The number of imidazole rings is 1. The normalized spacial score (nSPS) is 12.9. The summed E-state index contributed by atoms with van der Waals surface area (Å²) in [4.78, 5) is 4.64. The number of fused-ring (bicyclic) bond motifs is 1. The minimum Gasteiger partial charge on any atom is -0.469 e. The average molecular weight is 270 g/mol. The van der Waals surface area contributed by atoms with E-state index in [-0.39, 0.29) is 0 Å². The van der Waals surface area contributed by atoms with E-state index in [1.807, 2.05) is 31.2 Å². The quantitative estimate of drug-likeness (QED) is 0.791. The van der Waals surface area contributed by atoms with Crippen LogP contribution in [0.4, 0.5) is 0 Å². The maximum Gasteiger partial charge on any atom is 0.112 e. The van der Waals surface area contributed by atoms with E-state index in [1.54, 1.807) is 6.26 Å². The third-order valence-corrected chi connectivity index (χ3v) is 3.68. The number of benzene rings is 1. The fourth-order valence-corrected chi connectivity index (χ4v) is 2.66. The van der Waals surface area contributed by atoms with Crippen molar-refractivity contribution in [2.24, 2.45) is 0 Å². The highest BCUT2D eigenvalue weighted by Gasteiger charge is 2.17. The second-order valence-corrected chi connectivity index (χ2v) is 4.91. The van der Waals surface area contributed by atoms with Crippen LogP contribution in [0.15, 0.2) is 41.0 Å². The van der Waals surface area contributed by atoms with Gasteiger partial charge in [0.25, 0.3) is 0 Å². The van der Waals surface area contributed by atoms with Crippen molar-refractivity contribution < 1.29 is 9.52 Å². The number of hydrogen-bond donors (Lipinski definition) is 1. The van der Waals surface area contributed by atoms with E-state index >= 15 is 0 Å². The third kappa shape index (κ3) is 2.12. The fourth-order valence-electron chi connectivity index (χ4n) is 2.66. The van der Waals surface area contributed by atoms with Gasteiger partial charge in [0.05, 0.1) is 23.4 Å². The van der Waals surface area contributed by atoms with E-state index in [9.17, 15) is 5.11 Å². The van der Waals surface area contributed by atoms with Gasteiger partial charge in [-0.3, -0.25) is 0 Å². The molecular formula is C16H18N2O2. The molecule has 0 fully saturated rings. The molecule has 2 heterocycles. The summed E-state index contributed by atoms with van der Waals surface area (Å²) in [7, 11) is 0. The Labute approximate surface area is 117 Å². The summed E-state index contributed by atoms with van der Waals surface area (Å²) >= 11 is 0. The average Bonchev–Trinajstić information content (AvgIpc) is 3.01. The van der Waals surface area contributed by atoms with Gasteiger partial charge in [-0.25, -0.2) is 4.98 Å². The molecule has 0 spiro atoms. The zero-order valence-corrected chi connectivity index (χ0v) is 11.7. The van der Waals surface area contributed by atoms with Crippen LogP contribution in [0.5, 0.6) is 0 Å². The van der Waals surface area contributed by atoms with Gasteiger partial charge < -0.3 is 14.1 Å². The van der Waals surface area contributed by atoms with Gasteiger partial charge in [-0.1, -0.05) is 12.1 Å². The molecule has 0 amide bonds. The molecule has 0 saturated heterocycles. The van der Waals surface area contributed by atoms with Gasteiger partial charge >= 0.3 is 0 Å². The van der Waals surface area contributed by atoms with Crippen molar-refractivity contribution in [3.8, 4) is 0 Å². The lowest BCUT2D eigenvalue weighted by Crippen LogP contribution is -2.08. The molecule has 0 bridgehead atoms. The van der Waals surface area contributed by atoms with Crippen LogP contribution in [0.1, 0.15) is 30.2 Å². The first-order valence-electron chi connectivity index (χ1n) is 6.87. The SMILES string of the molecule is CCn1c(CC(O)c2ccoc2C)nc2ccccc21. The zero-order chi connectivity index (χ0) is 14.1. The van der Waals surface area contributed by atoms with E-state index in [4.69, 9.17) is 4.42 Å². The van der Waals surface area contributed by atoms with Gasteiger partial charge in [0.15, 0.2) is 0 Å². The summed E-state index contributed by atoms with van der Waals surface area (Å²) in [6.45, 7) is 4.79. The van der Waals surface area contributed by atoms with E-state index in [0.29, 0.717) is 6.42 Å². The number of hydrogen-bond acceptors (Lipinski definition) is 3. The monoisotopic (exact) mass is 270 g/mol. The van der Waals surface area contributed by atoms with Gasteiger partial charge in [0.2, 0.25) is 0 Å². The third-order valence-electron chi connectivity index (χ3n) is 3.68. The summed E-state index contributed by atoms with van der Waals surface area (Å²) in [6, 6.07) is 9.87. The van der Waals surface area contributed by atoms with E-state index < -0.39 is 6.10 Å². The predicted molar refractivity (Wildman–Crippen MR) is 77.5 cm³/mol. The summed E-state index contributed by atoms with van der Waals surface area (Å²) in [5.74, 6) is 1.67. The van der Waals surface area contributed by atoms with Gasteiger partial charge in [0.1, 0.15) is 11.6 Å². The summed E-state index contributed by atoms with van der Waals surface area (Å²) < 4.78 is 7.40. The van der Waals surface area contributed by atoms with Crippen molar-refractivity contribution in [3.63, 3.8) is 0 Å². The Morgan fingerprint density at radius 2 is 2.10 bits per heavy atom. The Balaban J connectivity index is 1.96. The number of furan rings is 1. The molecule has 20 heavy (non-hydrogen) atoms. The standard InChI is InChI=1S/C16H18N2O2/c1-3-18-14-7-5-4-6-13(14)17-16(18)10-15(19)12-8-9-20-11(12)2/h4-9,15,19H,3,10H2,1-2H3. The molecule has 0 aliphatic heterocycles. The van der Waals surface area contributed by atoms with E-state index in [1.165, 1.54) is 0 Å². The molecule has 0 radical (unpaired) electrons. The number of aliphatic hydroxyl groups is 1. The molecular weight excluding hydrogens is 252 g/mol. The molecule has 3 rings (SSSR count). The fraction of sp³-hybridized carbons (Fsp3) is 0.312. The van der Waals surface area contributed by atoms with Crippen LogP contribution in [0.25, 0.3) is 11.0 Å². The van der Waals surface area contributed by atoms with Crippen LogP contribution >= 0.6 is 0 Å². The number of para-hydroxylation sites is 2. The number of nitrogens with zero attached hydrogens (tertiary/aromatic N) is 2. The minimum absolute atomic E-state index is 0.489. The van der Waals surface area contributed by atoms with Crippen molar-refractivity contribution in [2.45, 2.75) is 32.9 Å². The highest BCUT2D eigenvalue weighted by molar-refractivity contribution is 5.75. The lowest BCUT2D eigenvalue weighted by Gasteiger charge is -2.11. The topological polar surface area (TPSA) is 51.2 Å². The molecule has 4 heteroatoms. The maximum absolute atomic E-state index is 10.4. The van der Waals surface area contributed by atoms with Crippen molar-refractivity contribution >= 4 is 11.0 Å². The summed E-state index contributed by atoms with van der Waals surface area (Å²) in [6.07, 6.45) is 1.51. The molecule has 3 aromatic rings. The van der Waals surface area contributed by atoms with E-state index in [0.717, 1.165) is 34.7 Å². The van der Waals surface area contributed by atoms with Gasteiger partial charge in [-0.2, -0.15) is 0 Å². The Bertz CT molecular complexity index is 727. The first-order valence-corrected chi connectivity index (χ1v) is 6.87. The van der Waals surface area contributed by atoms with Gasteiger partial charge in [-0.15, -0.1) is 0 Å². The highest BCUT2D eigenvalue weighted by atomic mass is 16.3. The second-order valence-electron chi connectivity index (χ2n) is 4.91. The summed E-state index contributed by atoms with van der Waals surface area (Å²) in [5, 5.41) is 10.4. The molecule has 0 aliphatic carbocycles. The van der Waals surface area contributed by atoms with Crippen LogP contribution in [-0.2, 0) is 13.0 Å². The predicted octanol–water partition coefficient (Wildman–Crippen LogP) is 3.23. The van der Waals surface area contributed by atoms with Gasteiger partial charge in [0, 0.05) is 18.5 Å². The number of aromatic nitrogens is 2. The van der Waals surface area contributed by atoms with Crippen LogP contribution < -0.4 is 0 Å². The number of aliphatic hydroxyl groups excluding tert-OH is 1. The summed E-state index contributed by atoms with van der Waals surface area (Å²) in [5.41, 5.74) is 2.92. The maximum atomic E-state index is 10.4. The van der Waals surface area contributed by atoms with Crippen LogP contribution in [0.2, 0.25) is 0 Å². The highest BCUT2D eigenvalue weighted by Crippen LogP contribution is 2.24. The molecule has 104 valence electrons. The van der Waals surface area contributed by atoms with Crippen LogP contribution in [-0.4, -0.2) is 14.7 Å². The van der Waals surface area contributed by atoms with Crippen molar-refractivity contribution in [1.82, 2.24) is 9.55 Å². The first-order chi connectivity index (χ1) is 9.70. The van der Waals surface area contributed by atoms with Crippen molar-refractivity contribution in [1.29, 1.82) is 0 Å².